The van der Waals surface area contributed by atoms with Crippen molar-refractivity contribution in [2.24, 2.45) is 0 Å². The van der Waals surface area contributed by atoms with Crippen molar-refractivity contribution in [2.75, 3.05) is 16.2 Å². The van der Waals surface area contributed by atoms with Gasteiger partial charge in [0.25, 0.3) is 10.0 Å². The Balaban J connectivity index is 1.93. The highest BCUT2D eigenvalue weighted by atomic mass is 79.9. The van der Waals surface area contributed by atoms with Gasteiger partial charge in [0.05, 0.1) is 10.6 Å². The topological polar surface area (TPSA) is 66.5 Å². The van der Waals surface area contributed by atoms with Crippen LogP contribution in [0.3, 0.4) is 0 Å². The molecule has 0 radical (unpaired) electrons. The molecule has 0 saturated heterocycles. The third-order valence-corrected chi connectivity index (χ3v) is 6.93. The highest BCUT2D eigenvalue weighted by Crippen LogP contribution is 2.26. The summed E-state index contributed by atoms with van der Waals surface area (Å²) in [5, 5.41) is 2.74. The second-order valence-electron chi connectivity index (χ2n) is 6.36. The number of nitrogens with zero attached hydrogens (tertiary/aromatic N) is 1. The van der Waals surface area contributed by atoms with Gasteiger partial charge in [0.2, 0.25) is 5.91 Å². The molecule has 29 heavy (non-hydrogen) atoms. The molecule has 0 fully saturated rings. The number of carbonyl (C=O) groups excluding carboxylic acids is 1. The maximum Gasteiger partial charge on any atom is 0.264 e. The molecule has 0 aliphatic carbocycles. The number of aryl methyl sites for hydroxylation is 1. The molecule has 0 unspecified atom stereocenters. The first kappa shape index (κ1) is 21.5. The summed E-state index contributed by atoms with van der Waals surface area (Å²) in [5.41, 5.74) is 1.93. The molecular formula is C21H18Br2N2O3S. The van der Waals surface area contributed by atoms with E-state index in [4.69, 9.17) is 0 Å². The van der Waals surface area contributed by atoms with Crippen molar-refractivity contribution >= 4 is 59.2 Å². The maximum absolute atomic E-state index is 13.3. The Morgan fingerprint density at radius 3 is 2.21 bits per heavy atom. The number of hydrogen-bond acceptors (Lipinski definition) is 3. The van der Waals surface area contributed by atoms with E-state index in [2.05, 4.69) is 37.2 Å². The molecule has 3 aromatic carbocycles. The Kier molecular flexibility index (Phi) is 6.77. The summed E-state index contributed by atoms with van der Waals surface area (Å²) < 4.78 is 29.3. The van der Waals surface area contributed by atoms with Gasteiger partial charge in [-0.05, 0) is 61.5 Å². The van der Waals surface area contributed by atoms with Crippen LogP contribution in [-0.2, 0) is 14.8 Å². The zero-order chi connectivity index (χ0) is 21.0. The zero-order valence-electron chi connectivity index (χ0n) is 15.5. The van der Waals surface area contributed by atoms with E-state index in [1.165, 1.54) is 0 Å². The lowest BCUT2D eigenvalue weighted by Crippen LogP contribution is -2.38. The lowest BCUT2D eigenvalue weighted by Gasteiger charge is -2.24. The molecule has 1 N–H and O–H groups in total. The molecular weight excluding hydrogens is 520 g/mol. The molecule has 3 aromatic rings. The second kappa shape index (κ2) is 9.11. The fourth-order valence-corrected chi connectivity index (χ4v) is 4.71. The molecule has 0 atom stereocenters. The smallest absolute Gasteiger partial charge is 0.264 e. The lowest BCUT2D eigenvalue weighted by atomic mass is 10.2. The van der Waals surface area contributed by atoms with Crippen LogP contribution in [0.1, 0.15) is 5.56 Å². The molecule has 0 aromatic heterocycles. The minimum atomic E-state index is -3.94. The van der Waals surface area contributed by atoms with E-state index in [1.54, 1.807) is 72.8 Å². The van der Waals surface area contributed by atoms with Crippen LogP contribution in [0.15, 0.2) is 86.6 Å². The number of rotatable bonds is 6. The van der Waals surface area contributed by atoms with E-state index >= 15 is 0 Å². The number of nitrogens with one attached hydrogen (secondary N) is 1. The number of amides is 1. The van der Waals surface area contributed by atoms with E-state index in [9.17, 15) is 13.2 Å². The predicted molar refractivity (Wildman–Crippen MR) is 123 cm³/mol. The average Bonchev–Trinajstić information content (AvgIpc) is 2.68. The van der Waals surface area contributed by atoms with Gasteiger partial charge in [-0.1, -0.05) is 55.6 Å². The first-order valence-electron chi connectivity index (χ1n) is 8.66. The highest BCUT2D eigenvalue weighted by Gasteiger charge is 2.27. The molecule has 3 rings (SSSR count). The quantitative estimate of drug-likeness (QED) is 0.460. The highest BCUT2D eigenvalue weighted by molar-refractivity contribution is 9.10. The Morgan fingerprint density at radius 2 is 1.59 bits per heavy atom. The molecule has 0 saturated carbocycles. The van der Waals surface area contributed by atoms with Crippen LogP contribution >= 0.6 is 31.9 Å². The number of halogens is 2. The third kappa shape index (κ3) is 5.46. The summed E-state index contributed by atoms with van der Waals surface area (Å²) in [6.45, 7) is 1.52. The predicted octanol–water partition coefficient (Wildman–Crippen LogP) is 5.35. The van der Waals surface area contributed by atoms with E-state index in [0.29, 0.717) is 15.8 Å². The summed E-state index contributed by atoms with van der Waals surface area (Å²) in [6, 6.07) is 20.5. The van der Waals surface area contributed by atoms with Gasteiger partial charge >= 0.3 is 0 Å². The van der Waals surface area contributed by atoms with Crippen molar-refractivity contribution in [2.45, 2.75) is 11.8 Å². The summed E-state index contributed by atoms with van der Waals surface area (Å²) >= 11 is 6.70. The van der Waals surface area contributed by atoms with Gasteiger partial charge in [0, 0.05) is 14.6 Å². The molecule has 5 nitrogen and oxygen atoms in total. The average molecular weight is 538 g/mol. The van der Waals surface area contributed by atoms with Gasteiger partial charge in [0.1, 0.15) is 6.54 Å². The molecule has 0 aliphatic rings. The SMILES string of the molecule is Cc1ccc(S(=O)(=O)N(CC(=O)Nc2ccc(Br)cc2)c2cccc(Br)c2)cc1. The molecule has 8 heteroatoms. The molecule has 1 amide bonds. The summed E-state index contributed by atoms with van der Waals surface area (Å²) in [5.74, 6) is -0.442. The van der Waals surface area contributed by atoms with Gasteiger partial charge < -0.3 is 5.32 Å². The normalized spacial score (nSPS) is 11.1. The van der Waals surface area contributed by atoms with Gasteiger partial charge in [-0.2, -0.15) is 0 Å². The van der Waals surface area contributed by atoms with Crippen molar-refractivity contribution in [3.8, 4) is 0 Å². The van der Waals surface area contributed by atoms with Crippen LogP contribution in [0.25, 0.3) is 0 Å². The third-order valence-electron chi connectivity index (χ3n) is 4.12. The number of benzene rings is 3. The minimum absolute atomic E-state index is 0.125. The first-order valence-corrected chi connectivity index (χ1v) is 11.7. The standard InChI is InChI=1S/C21H18Br2N2O3S/c1-15-5-11-20(12-6-15)29(27,28)25(19-4-2-3-17(23)13-19)14-21(26)24-18-9-7-16(22)8-10-18/h2-13H,14H2,1H3,(H,24,26). The van der Waals surface area contributed by atoms with Gasteiger partial charge in [0.15, 0.2) is 0 Å². The minimum Gasteiger partial charge on any atom is -0.325 e. The molecule has 0 spiro atoms. The van der Waals surface area contributed by atoms with Crippen LogP contribution in [-0.4, -0.2) is 20.9 Å². The summed E-state index contributed by atoms with van der Waals surface area (Å²) in [4.78, 5) is 12.8. The fourth-order valence-electron chi connectivity index (χ4n) is 2.65. The van der Waals surface area contributed by atoms with Crippen molar-refractivity contribution < 1.29 is 13.2 Å². The largest absolute Gasteiger partial charge is 0.325 e. The maximum atomic E-state index is 13.3. The van der Waals surface area contributed by atoms with Crippen molar-refractivity contribution in [1.82, 2.24) is 0 Å². The number of anilines is 2. The Bertz CT molecular complexity index is 1120. The van der Waals surface area contributed by atoms with E-state index in [-0.39, 0.29) is 11.4 Å². The molecule has 0 aliphatic heterocycles. The molecule has 0 heterocycles. The van der Waals surface area contributed by atoms with Crippen LogP contribution in [0, 0.1) is 6.92 Å². The van der Waals surface area contributed by atoms with Crippen molar-refractivity contribution in [3.63, 3.8) is 0 Å². The van der Waals surface area contributed by atoms with Crippen LogP contribution in [0.4, 0.5) is 11.4 Å². The monoisotopic (exact) mass is 536 g/mol. The molecule has 0 bridgehead atoms. The van der Waals surface area contributed by atoms with E-state index in [1.807, 2.05) is 6.92 Å². The van der Waals surface area contributed by atoms with Gasteiger partial charge in [-0.3, -0.25) is 9.10 Å². The summed E-state index contributed by atoms with van der Waals surface area (Å²) in [6.07, 6.45) is 0. The van der Waals surface area contributed by atoms with E-state index < -0.39 is 15.9 Å². The fraction of sp³-hybridized carbons (Fsp3) is 0.0952. The van der Waals surface area contributed by atoms with E-state index in [0.717, 1.165) is 14.3 Å². The number of sulfonamides is 1. The molecule has 150 valence electrons. The lowest BCUT2D eigenvalue weighted by molar-refractivity contribution is -0.114. The Hall–Kier alpha value is -2.16. The number of hydrogen-bond donors (Lipinski definition) is 1. The Labute approximate surface area is 187 Å². The van der Waals surface area contributed by atoms with Crippen LogP contribution in [0.2, 0.25) is 0 Å². The summed E-state index contributed by atoms with van der Waals surface area (Å²) in [7, 11) is -3.94. The first-order chi connectivity index (χ1) is 13.8. The second-order valence-corrected chi connectivity index (χ2v) is 10.1. The van der Waals surface area contributed by atoms with Crippen LogP contribution < -0.4 is 9.62 Å². The number of carbonyl (C=O) groups is 1. The zero-order valence-corrected chi connectivity index (χ0v) is 19.5. The Morgan fingerprint density at radius 1 is 0.931 bits per heavy atom. The van der Waals surface area contributed by atoms with Gasteiger partial charge in [-0.15, -0.1) is 0 Å². The van der Waals surface area contributed by atoms with Crippen molar-refractivity contribution in [1.29, 1.82) is 0 Å². The van der Waals surface area contributed by atoms with Gasteiger partial charge in [-0.25, -0.2) is 8.42 Å². The van der Waals surface area contributed by atoms with Crippen LogP contribution in [0.5, 0.6) is 0 Å². The van der Waals surface area contributed by atoms with Crippen molar-refractivity contribution in [3.05, 3.63) is 87.3 Å².